The second-order valence-corrected chi connectivity index (χ2v) is 10.3. The number of piperidine rings is 1. The number of hydrogen-bond acceptors (Lipinski definition) is 5. The van der Waals surface area contributed by atoms with E-state index in [1.54, 1.807) is 17.0 Å². The maximum absolute atomic E-state index is 12.7. The normalized spacial score (nSPS) is 23.9. The molecule has 6 nitrogen and oxygen atoms in total. The zero-order chi connectivity index (χ0) is 16.4. The van der Waals surface area contributed by atoms with Gasteiger partial charge in [0.1, 0.15) is 4.21 Å². The lowest BCUT2D eigenvalue weighted by molar-refractivity contribution is -0.140. The van der Waals surface area contributed by atoms with Gasteiger partial charge in [-0.3, -0.25) is 4.79 Å². The fourth-order valence-electron chi connectivity index (χ4n) is 2.97. The molecule has 0 radical (unpaired) electrons. The average Bonchev–Trinajstić information content (AvgIpc) is 3.02. The Hall–Kier alpha value is -0.480. The van der Waals surface area contributed by atoms with Crippen molar-refractivity contribution in [3.8, 4) is 0 Å². The lowest BCUT2D eigenvalue weighted by Gasteiger charge is -2.35. The van der Waals surface area contributed by atoms with Gasteiger partial charge in [0.05, 0.1) is 22.9 Å². The predicted octanol–water partition coefficient (Wildman–Crippen LogP) is 1.77. The van der Waals surface area contributed by atoms with Crippen molar-refractivity contribution in [3.05, 3.63) is 15.9 Å². The van der Waals surface area contributed by atoms with E-state index in [2.05, 4.69) is 15.9 Å². The first kappa shape index (κ1) is 17.3. The molecule has 0 saturated carbocycles. The number of rotatable bonds is 3. The maximum Gasteiger partial charge on any atom is 0.252 e. The number of hydrogen-bond donors (Lipinski definition) is 0. The second-order valence-electron chi connectivity index (χ2n) is 5.70. The topological polar surface area (TPSA) is 66.9 Å². The molecule has 2 aliphatic rings. The van der Waals surface area contributed by atoms with E-state index in [1.807, 2.05) is 0 Å². The van der Waals surface area contributed by atoms with E-state index in [9.17, 15) is 13.2 Å². The van der Waals surface area contributed by atoms with Crippen molar-refractivity contribution in [2.24, 2.45) is 5.92 Å². The first-order valence-electron chi connectivity index (χ1n) is 7.60. The smallest absolute Gasteiger partial charge is 0.252 e. The predicted molar refractivity (Wildman–Crippen MR) is 90.9 cm³/mol. The third-order valence-electron chi connectivity index (χ3n) is 4.20. The maximum atomic E-state index is 12.7. The molecule has 1 atom stereocenters. The van der Waals surface area contributed by atoms with Crippen molar-refractivity contribution in [1.29, 1.82) is 0 Å². The summed E-state index contributed by atoms with van der Waals surface area (Å²) < 4.78 is 33.3. The van der Waals surface area contributed by atoms with E-state index >= 15 is 0 Å². The number of thiophene rings is 1. The van der Waals surface area contributed by atoms with Crippen molar-refractivity contribution in [2.75, 3.05) is 39.4 Å². The van der Waals surface area contributed by atoms with Gasteiger partial charge in [0.15, 0.2) is 0 Å². The lowest BCUT2D eigenvalue weighted by atomic mass is 9.98. The highest BCUT2D eigenvalue weighted by atomic mass is 79.9. The highest BCUT2D eigenvalue weighted by Crippen LogP contribution is 2.31. The van der Waals surface area contributed by atoms with Gasteiger partial charge in [-0.15, -0.1) is 11.3 Å². The second kappa shape index (κ2) is 7.18. The Morgan fingerprint density at radius 2 is 2.00 bits per heavy atom. The molecule has 0 N–H and O–H groups in total. The summed E-state index contributed by atoms with van der Waals surface area (Å²) in [5, 5.41) is 0. The van der Waals surface area contributed by atoms with Crippen LogP contribution in [0.15, 0.2) is 20.1 Å². The largest absolute Gasteiger partial charge is 0.378 e. The van der Waals surface area contributed by atoms with Crippen LogP contribution in [0.2, 0.25) is 0 Å². The van der Waals surface area contributed by atoms with E-state index in [0.717, 1.165) is 10.2 Å². The van der Waals surface area contributed by atoms with Gasteiger partial charge in [0.25, 0.3) is 10.0 Å². The summed E-state index contributed by atoms with van der Waals surface area (Å²) in [5.41, 5.74) is 0. The molecular formula is C14H19BrN2O4S2. The van der Waals surface area contributed by atoms with Gasteiger partial charge in [-0.2, -0.15) is 4.31 Å². The van der Waals surface area contributed by atoms with E-state index < -0.39 is 10.0 Å². The zero-order valence-electron chi connectivity index (χ0n) is 12.6. The Kier molecular flexibility index (Phi) is 5.42. The number of carbonyl (C=O) groups is 1. The van der Waals surface area contributed by atoms with E-state index in [4.69, 9.17) is 4.74 Å². The minimum absolute atomic E-state index is 0.0561. The molecule has 3 heterocycles. The third-order valence-corrected chi connectivity index (χ3v) is 8.16. The zero-order valence-corrected chi connectivity index (χ0v) is 15.8. The number of nitrogens with zero attached hydrogens (tertiary/aromatic N) is 2. The Bertz CT molecular complexity index is 670. The van der Waals surface area contributed by atoms with Gasteiger partial charge in [-0.25, -0.2) is 8.42 Å². The van der Waals surface area contributed by atoms with Crippen molar-refractivity contribution >= 4 is 43.2 Å². The fraction of sp³-hybridized carbons (Fsp3) is 0.643. The molecule has 1 aromatic rings. The molecule has 0 bridgehead atoms. The third kappa shape index (κ3) is 3.79. The number of amides is 1. The van der Waals surface area contributed by atoms with Crippen molar-refractivity contribution < 1.29 is 17.9 Å². The Balaban J connectivity index is 1.71. The van der Waals surface area contributed by atoms with Crippen molar-refractivity contribution in [1.82, 2.24) is 9.21 Å². The van der Waals surface area contributed by atoms with Crippen LogP contribution in [-0.2, 0) is 19.6 Å². The SMILES string of the molecule is O=C(C1CCCN(S(=O)(=O)c2ccc(Br)s2)C1)N1CCOCC1. The molecule has 3 rings (SSSR count). The van der Waals surface area contributed by atoms with Gasteiger partial charge in [-0.05, 0) is 40.9 Å². The highest BCUT2D eigenvalue weighted by Gasteiger charge is 2.35. The summed E-state index contributed by atoms with van der Waals surface area (Å²) in [4.78, 5) is 14.4. The van der Waals surface area contributed by atoms with Crippen LogP contribution in [0.4, 0.5) is 0 Å². The van der Waals surface area contributed by atoms with E-state index in [0.29, 0.717) is 43.5 Å². The minimum atomic E-state index is -3.51. The number of sulfonamides is 1. The Labute approximate surface area is 148 Å². The molecule has 1 unspecified atom stereocenters. The average molecular weight is 423 g/mol. The van der Waals surface area contributed by atoms with Crippen LogP contribution in [0.5, 0.6) is 0 Å². The van der Waals surface area contributed by atoms with Crippen LogP contribution < -0.4 is 0 Å². The molecule has 23 heavy (non-hydrogen) atoms. The van der Waals surface area contributed by atoms with Gasteiger partial charge in [0.2, 0.25) is 5.91 Å². The van der Waals surface area contributed by atoms with Gasteiger partial charge in [-0.1, -0.05) is 0 Å². The fourth-order valence-corrected chi connectivity index (χ4v) is 6.66. The summed E-state index contributed by atoms with van der Waals surface area (Å²) in [6, 6.07) is 3.34. The standard InChI is InChI=1S/C14H19BrN2O4S2/c15-12-3-4-13(22-12)23(19,20)17-5-1-2-11(10-17)14(18)16-6-8-21-9-7-16/h3-4,11H,1-2,5-10H2. The number of carbonyl (C=O) groups excluding carboxylic acids is 1. The van der Waals surface area contributed by atoms with Crippen LogP contribution in [0.1, 0.15) is 12.8 Å². The summed E-state index contributed by atoms with van der Waals surface area (Å²) in [6.45, 7) is 3.06. The summed E-state index contributed by atoms with van der Waals surface area (Å²) in [7, 11) is -3.51. The van der Waals surface area contributed by atoms with Gasteiger partial charge in [0, 0.05) is 26.2 Å². The molecule has 1 aromatic heterocycles. The lowest BCUT2D eigenvalue weighted by Crippen LogP contribution is -2.49. The van der Waals surface area contributed by atoms with Gasteiger partial charge < -0.3 is 9.64 Å². The van der Waals surface area contributed by atoms with E-state index in [-0.39, 0.29) is 18.4 Å². The first-order valence-corrected chi connectivity index (χ1v) is 10.7. The van der Waals surface area contributed by atoms with Crippen molar-refractivity contribution in [3.63, 3.8) is 0 Å². The van der Waals surface area contributed by atoms with Gasteiger partial charge >= 0.3 is 0 Å². The number of ether oxygens (including phenoxy) is 1. The van der Waals surface area contributed by atoms with Crippen LogP contribution in [-0.4, -0.2) is 62.9 Å². The Morgan fingerprint density at radius 3 is 2.65 bits per heavy atom. The molecule has 9 heteroatoms. The molecule has 0 spiro atoms. The molecule has 128 valence electrons. The number of halogens is 1. The molecular weight excluding hydrogens is 404 g/mol. The van der Waals surface area contributed by atoms with Crippen LogP contribution in [0, 0.1) is 5.92 Å². The molecule has 0 aliphatic carbocycles. The Morgan fingerprint density at radius 1 is 1.26 bits per heavy atom. The number of morpholine rings is 1. The molecule has 1 amide bonds. The van der Waals surface area contributed by atoms with Crippen LogP contribution in [0.25, 0.3) is 0 Å². The molecule has 2 aliphatic heterocycles. The summed E-state index contributed by atoms with van der Waals surface area (Å²) in [6.07, 6.45) is 1.46. The minimum Gasteiger partial charge on any atom is -0.378 e. The molecule has 2 saturated heterocycles. The summed E-state index contributed by atoms with van der Waals surface area (Å²) in [5.74, 6) is -0.194. The first-order chi connectivity index (χ1) is 11.0. The van der Waals surface area contributed by atoms with Crippen LogP contribution in [0.3, 0.4) is 0 Å². The molecule has 2 fully saturated rings. The highest BCUT2D eigenvalue weighted by molar-refractivity contribution is 9.11. The summed E-state index contributed by atoms with van der Waals surface area (Å²) >= 11 is 4.50. The quantitative estimate of drug-likeness (QED) is 0.744. The molecule has 0 aromatic carbocycles. The van der Waals surface area contributed by atoms with Crippen molar-refractivity contribution in [2.45, 2.75) is 17.1 Å². The van der Waals surface area contributed by atoms with E-state index in [1.165, 1.54) is 15.6 Å². The monoisotopic (exact) mass is 422 g/mol. The van der Waals surface area contributed by atoms with Crippen LogP contribution >= 0.6 is 27.3 Å².